The second kappa shape index (κ2) is 12.0. The van der Waals surface area contributed by atoms with Gasteiger partial charge in [-0.15, -0.1) is 11.8 Å². The first-order chi connectivity index (χ1) is 16.3. The van der Waals surface area contributed by atoms with Gasteiger partial charge in [-0.3, -0.25) is 9.59 Å². The van der Waals surface area contributed by atoms with E-state index in [1.165, 1.54) is 11.8 Å². The molecule has 0 radical (unpaired) electrons. The number of nitrogens with one attached hydrogen (secondary N) is 2. The van der Waals surface area contributed by atoms with Crippen LogP contribution in [0.15, 0.2) is 64.0 Å². The van der Waals surface area contributed by atoms with Crippen molar-refractivity contribution in [2.45, 2.75) is 31.4 Å². The minimum atomic E-state index is -0.616. The summed E-state index contributed by atoms with van der Waals surface area (Å²) in [5, 5.41) is 9.33. The van der Waals surface area contributed by atoms with Crippen LogP contribution in [-0.2, 0) is 15.3 Å². The number of nitrogens with zero attached hydrogens (tertiary/aromatic N) is 1. The molecule has 0 bridgehead atoms. The second-order valence-electron chi connectivity index (χ2n) is 7.99. The van der Waals surface area contributed by atoms with E-state index < -0.39 is 18.5 Å². The number of carbonyl (C=O) groups is 3. The molecule has 0 fully saturated rings. The van der Waals surface area contributed by atoms with E-state index in [1.807, 2.05) is 32.9 Å². The van der Waals surface area contributed by atoms with Crippen LogP contribution in [-0.4, -0.2) is 36.1 Å². The van der Waals surface area contributed by atoms with E-state index >= 15 is 0 Å². The number of rotatable bonds is 10. The summed E-state index contributed by atoms with van der Waals surface area (Å²) in [6.45, 7) is 5.86. The molecule has 0 aliphatic rings. The highest BCUT2D eigenvalue weighted by molar-refractivity contribution is 7.98. The van der Waals surface area contributed by atoms with E-state index in [4.69, 9.17) is 9.26 Å². The largest absolute Gasteiger partial charge is 0.452 e. The quantitative estimate of drug-likeness (QED) is 0.325. The predicted molar refractivity (Wildman–Crippen MR) is 130 cm³/mol. The fraction of sp³-hybridized carbons (Fsp3) is 0.280. The van der Waals surface area contributed by atoms with Gasteiger partial charge in [0.2, 0.25) is 0 Å². The second-order valence-corrected chi connectivity index (χ2v) is 9.01. The summed E-state index contributed by atoms with van der Waals surface area (Å²) in [6.07, 6.45) is 0. The van der Waals surface area contributed by atoms with Crippen LogP contribution < -0.4 is 10.6 Å². The van der Waals surface area contributed by atoms with Crippen LogP contribution in [0, 0.1) is 12.8 Å². The van der Waals surface area contributed by atoms with Crippen molar-refractivity contribution >= 4 is 35.2 Å². The lowest BCUT2D eigenvalue weighted by atomic mass is 10.1. The van der Waals surface area contributed by atoms with Crippen LogP contribution >= 0.6 is 11.8 Å². The number of para-hydroxylation sites is 1. The number of aryl methyl sites for hydroxylation is 1. The van der Waals surface area contributed by atoms with Gasteiger partial charge in [-0.25, -0.2) is 4.79 Å². The predicted octanol–water partition coefficient (Wildman–Crippen LogP) is 4.46. The van der Waals surface area contributed by atoms with E-state index in [2.05, 4.69) is 15.8 Å². The maximum Gasteiger partial charge on any atom is 0.339 e. The van der Waals surface area contributed by atoms with Crippen molar-refractivity contribution in [3.8, 4) is 0 Å². The Morgan fingerprint density at radius 1 is 1.06 bits per heavy atom. The van der Waals surface area contributed by atoms with Crippen LogP contribution in [0.2, 0.25) is 0 Å². The first kappa shape index (κ1) is 25.0. The van der Waals surface area contributed by atoms with Gasteiger partial charge in [0.1, 0.15) is 5.76 Å². The fourth-order valence-corrected chi connectivity index (χ4v) is 3.89. The molecule has 34 heavy (non-hydrogen) atoms. The molecule has 0 aliphatic heterocycles. The van der Waals surface area contributed by atoms with Crippen molar-refractivity contribution in [3.05, 3.63) is 77.2 Å². The summed E-state index contributed by atoms with van der Waals surface area (Å²) in [5.74, 6) is 0.0534. The lowest BCUT2D eigenvalue weighted by molar-refractivity contribution is -0.119. The average molecular weight is 482 g/mol. The molecule has 0 unspecified atom stereocenters. The van der Waals surface area contributed by atoms with E-state index in [1.54, 1.807) is 42.5 Å². The van der Waals surface area contributed by atoms with E-state index in [-0.39, 0.29) is 5.91 Å². The molecule has 2 aromatic carbocycles. The number of anilines is 1. The van der Waals surface area contributed by atoms with Crippen LogP contribution in [0.3, 0.4) is 0 Å². The lowest BCUT2D eigenvalue weighted by Crippen LogP contribution is -2.29. The number of esters is 1. The summed E-state index contributed by atoms with van der Waals surface area (Å²) in [7, 11) is 0. The first-order valence-electron chi connectivity index (χ1n) is 10.8. The topological polar surface area (TPSA) is 111 Å². The SMILES string of the molecule is Cc1cc(CSc2ccccc2C(=O)OCC(=O)Nc2ccccc2C(=O)NCC(C)C)on1. The number of thioether (sulfide) groups is 1. The molecule has 0 aliphatic carbocycles. The fourth-order valence-electron chi connectivity index (χ4n) is 2.97. The zero-order chi connectivity index (χ0) is 24.5. The number of amides is 2. The molecule has 0 saturated heterocycles. The van der Waals surface area contributed by atoms with Crippen LogP contribution in [0.1, 0.15) is 46.0 Å². The van der Waals surface area contributed by atoms with Crippen LogP contribution in [0.25, 0.3) is 0 Å². The molecule has 0 atom stereocenters. The van der Waals surface area contributed by atoms with Crippen LogP contribution in [0.4, 0.5) is 5.69 Å². The molecule has 2 N–H and O–H groups in total. The molecule has 178 valence electrons. The summed E-state index contributed by atoms with van der Waals surface area (Å²) >= 11 is 1.41. The van der Waals surface area contributed by atoms with Crippen molar-refractivity contribution in [3.63, 3.8) is 0 Å². The highest BCUT2D eigenvalue weighted by atomic mass is 32.2. The maximum atomic E-state index is 12.6. The molecule has 0 spiro atoms. The Morgan fingerprint density at radius 2 is 1.76 bits per heavy atom. The number of ether oxygens (including phenoxy) is 1. The number of benzene rings is 2. The third-order valence-corrected chi connectivity index (χ3v) is 5.70. The normalized spacial score (nSPS) is 10.7. The van der Waals surface area contributed by atoms with Crippen molar-refractivity contribution in [1.29, 1.82) is 0 Å². The van der Waals surface area contributed by atoms with Gasteiger partial charge in [-0.2, -0.15) is 0 Å². The average Bonchev–Trinajstić information content (AvgIpc) is 3.25. The van der Waals surface area contributed by atoms with Gasteiger partial charge >= 0.3 is 5.97 Å². The van der Waals surface area contributed by atoms with Crippen molar-refractivity contribution in [2.75, 3.05) is 18.5 Å². The van der Waals surface area contributed by atoms with E-state index in [0.717, 1.165) is 5.69 Å². The number of hydrogen-bond donors (Lipinski definition) is 2. The Hall–Kier alpha value is -3.59. The van der Waals surface area contributed by atoms with Gasteiger partial charge in [0.15, 0.2) is 6.61 Å². The molecule has 9 heteroatoms. The molecule has 8 nitrogen and oxygen atoms in total. The van der Waals surface area contributed by atoms with Crippen molar-refractivity contribution in [1.82, 2.24) is 10.5 Å². The van der Waals surface area contributed by atoms with Gasteiger partial charge in [0.05, 0.1) is 28.3 Å². The summed E-state index contributed by atoms with van der Waals surface area (Å²) < 4.78 is 10.4. The Labute approximate surface area is 202 Å². The minimum absolute atomic E-state index is 0.283. The van der Waals surface area contributed by atoms with E-state index in [0.29, 0.717) is 45.7 Å². The molecule has 1 aromatic heterocycles. The van der Waals surface area contributed by atoms with Gasteiger partial charge in [0.25, 0.3) is 11.8 Å². The monoisotopic (exact) mass is 481 g/mol. The zero-order valence-corrected chi connectivity index (χ0v) is 20.1. The molecular weight excluding hydrogens is 454 g/mol. The third-order valence-electron chi connectivity index (χ3n) is 4.60. The molecule has 2 amide bonds. The van der Waals surface area contributed by atoms with Gasteiger partial charge in [0, 0.05) is 17.5 Å². The first-order valence-corrected chi connectivity index (χ1v) is 11.8. The van der Waals surface area contributed by atoms with E-state index in [9.17, 15) is 14.4 Å². The highest BCUT2D eigenvalue weighted by Gasteiger charge is 2.17. The molecule has 3 aromatic rings. The summed E-state index contributed by atoms with van der Waals surface area (Å²) in [6, 6.07) is 15.5. The smallest absolute Gasteiger partial charge is 0.339 e. The van der Waals surface area contributed by atoms with Gasteiger partial charge in [-0.05, 0) is 37.1 Å². The maximum absolute atomic E-state index is 12.6. The minimum Gasteiger partial charge on any atom is -0.452 e. The highest BCUT2D eigenvalue weighted by Crippen LogP contribution is 2.27. The summed E-state index contributed by atoms with van der Waals surface area (Å²) in [5.41, 5.74) is 1.83. The number of carbonyl (C=O) groups excluding carboxylic acids is 3. The molecule has 3 rings (SSSR count). The van der Waals surface area contributed by atoms with Gasteiger partial charge in [-0.1, -0.05) is 43.3 Å². The Morgan fingerprint density at radius 3 is 2.47 bits per heavy atom. The molecule has 0 saturated carbocycles. The third kappa shape index (κ3) is 7.21. The standard InChI is InChI=1S/C25H27N3O5S/c1-16(2)13-26-24(30)19-8-4-6-10-21(19)27-23(29)14-32-25(31)20-9-5-7-11-22(20)34-15-18-12-17(3)28-33-18/h4-12,16H,13-15H2,1-3H3,(H,26,30)(H,27,29). The lowest BCUT2D eigenvalue weighted by Gasteiger charge is -2.13. The summed E-state index contributed by atoms with van der Waals surface area (Å²) in [4.78, 5) is 38.2. The Kier molecular flexibility index (Phi) is 8.86. The number of hydrogen-bond acceptors (Lipinski definition) is 7. The molecular formula is C25H27N3O5S. The van der Waals surface area contributed by atoms with Crippen molar-refractivity contribution < 1.29 is 23.6 Å². The Bertz CT molecular complexity index is 1160. The molecule has 1 heterocycles. The van der Waals surface area contributed by atoms with Gasteiger partial charge < -0.3 is 19.9 Å². The van der Waals surface area contributed by atoms with Crippen LogP contribution in [0.5, 0.6) is 0 Å². The number of aromatic nitrogens is 1. The Balaban J connectivity index is 1.58. The zero-order valence-electron chi connectivity index (χ0n) is 19.3. The van der Waals surface area contributed by atoms with Crippen molar-refractivity contribution in [2.24, 2.45) is 5.92 Å².